The molecule has 9 heteroatoms. The third-order valence-corrected chi connectivity index (χ3v) is 4.16. The van der Waals surface area contributed by atoms with E-state index in [1.807, 2.05) is 14.1 Å². The Morgan fingerprint density at radius 2 is 2.11 bits per heavy atom. The average molecular weight is 300 g/mol. The molecule has 0 aliphatic heterocycles. The Morgan fingerprint density at radius 1 is 1.37 bits per heavy atom. The molecule has 1 aromatic carbocycles. The normalized spacial score (nSPS) is 10.5. The number of aromatic nitrogens is 2. The molecule has 0 saturated carbocycles. The second-order valence-corrected chi connectivity index (χ2v) is 6.03. The average Bonchev–Trinajstić information content (AvgIpc) is 2.76. The van der Waals surface area contributed by atoms with Crippen LogP contribution in [-0.4, -0.2) is 29.2 Å². The van der Waals surface area contributed by atoms with Gasteiger partial charge in [0.25, 0.3) is 5.69 Å². The van der Waals surface area contributed by atoms with E-state index in [0.29, 0.717) is 14.4 Å². The molecule has 100 valence electrons. The summed E-state index contributed by atoms with van der Waals surface area (Å²) >= 11 is 2.48. The van der Waals surface area contributed by atoms with Gasteiger partial charge in [0.05, 0.1) is 11.0 Å². The third kappa shape index (κ3) is 3.38. The lowest BCUT2D eigenvalue weighted by Gasteiger charge is -2.03. The van der Waals surface area contributed by atoms with Crippen LogP contribution in [0.25, 0.3) is 0 Å². The van der Waals surface area contributed by atoms with Crippen molar-refractivity contribution >= 4 is 33.9 Å². The quantitative estimate of drug-likeness (QED) is 0.638. The first-order valence-electron chi connectivity index (χ1n) is 5.09. The molecule has 0 aliphatic rings. The molecule has 2 rings (SSSR count). The maximum Gasteiger partial charge on any atom is 0.273 e. The second-order valence-electron chi connectivity index (χ2n) is 3.75. The van der Waals surface area contributed by atoms with E-state index in [2.05, 4.69) is 10.2 Å². The monoisotopic (exact) mass is 300 g/mol. The zero-order chi connectivity index (χ0) is 14.0. The number of benzene rings is 1. The van der Waals surface area contributed by atoms with E-state index in [0.717, 1.165) is 17.8 Å². The van der Waals surface area contributed by atoms with Crippen molar-refractivity contribution < 1.29 is 9.31 Å². The van der Waals surface area contributed by atoms with E-state index in [1.165, 1.54) is 23.5 Å². The Labute approximate surface area is 116 Å². The van der Waals surface area contributed by atoms with Crippen molar-refractivity contribution in [3.63, 3.8) is 0 Å². The van der Waals surface area contributed by atoms with Crippen LogP contribution in [0.3, 0.4) is 0 Å². The molecule has 2 aromatic rings. The lowest BCUT2D eigenvalue weighted by Crippen LogP contribution is -2.07. The predicted molar refractivity (Wildman–Crippen MR) is 71.4 cm³/mol. The number of halogens is 1. The summed E-state index contributed by atoms with van der Waals surface area (Å²) in [7, 11) is 3.67. The van der Waals surface area contributed by atoms with Gasteiger partial charge in [0.1, 0.15) is 5.82 Å². The van der Waals surface area contributed by atoms with Gasteiger partial charge in [-0.1, -0.05) is 23.1 Å². The van der Waals surface area contributed by atoms with Crippen molar-refractivity contribution in [3.05, 3.63) is 34.1 Å². The molecule has 0 radical (unpaired) electrons. The predicted octanol–water partition coefficient (Wildman–Crippen LogP) is 2.80. The molecule has 19 heavy (non-hydrogen) atoms. The molecule has 0 saturated heterocycles. The molecular weight excluding hydrogens is 291 g/mol. The van der Waals surface area contributed by atoms with E-state index in [9.17, 15) is 14.5 Å². The zero-order valence-corrected chi connectivity index (χ0v) is 11.7. The molecule has 0 fully saturated rings. The van der Waals surface area contributed by atoms with Crippen LogP contribution in [0.1, 0.15) is 0 Å². The minimum absolute atomic E-state index is 0.278. The summed E-state index contributed by atoms with van der Waals surface area (Å²) in [6.07, 6.45) is 0. The summed E-state index contributed by atoms with van der Waals surface area (Å²) in [5.74, 6) is -0.644. The van der Waals surface area contributed by atoms with Crippen LogP contribution in [0.5, 0.6) is 0 Å². The fraction of sp³-hybridized carbons (Fsp3) is 0.200. The summed E-state index contributed by atoms with van der Waals surface area (Å²) in [6, 6.07) is 3.42. The molecule has 0 N–H and O–H groups in total. The fourth-order valence-electron chi connectivity index (χ4n) is 1.24. The van der Waals surface area contributed by atoms with Gasteiger partial charge in [0, 0.05) is 25.1 Å². The highest BCUT2D eigenvalue weighted by Crippen LogP contribution is 2.34. The number of hydrogen-bond donors (Lipinski definition) is 0. The van der Waals surface area contributed by atoms with Gasteiger partial charge in [0.2, 0.25) is 5.13 Å². The van der Waals surface area contributed by atoms with Crippen LogP contribution >= 0.6 is 23.1 Å². The lowest BCUT2D eigenvalue weighted by atomic mass is 10.3. The maximum absolute atomic E-state index is 13.3. The van der Waals surface area contributed by atoms with Crippen molar-refractivity contribution in [3.8, 4) is 0 Å². The molecule has 1 aromatic heterocycles. The summed E-state index contributed by atoms with van der Waals surface area (Å²) in [6.45, 7) is 0. The van der Waals surface area contributed by atoms with E-state index in [1.54, 1.807) is 4.90 Å². The van der Waals surface area contributed by atoms with E-state index in [4.69, 9.17) is 0 Å². The second kappa shape index (κ2) is 5.49. The molecule has 0 spiro atoms. The fourth-order valence-corrected chi connectivity index (χ4v) is 3.05. The molecule has 6 nitrogen and oxygen atoms in total. The first-order valence-corrected chi connectivity index (χ1v) is 6.72. The molecule has 0 aliphatic carbocycles. The number of rotatable bonds is 4. The first-order chi connectivity index (χ1) is 8.95. The highest BCUT2D eigenvalue weighted by molar-refractivity contribution is 8.01. The summed E-state index contributed by atoms with van der Waals surface area (Å²) < 4.78 is 13.9. The van der Waals surface area contributed by atoms with Crippen LogP contribution < -0.4 is 4.90 Å². The van der Waals surface area contributed by atoms with Crippen molar-refractivity contribution in [2.75, 3.05) is 19.0 Å². The highest BCUT2D eigenvalue weighted by Gasteiger charge is 2.13. The third-order valence-electron chi connectivity index (χ3n) is 2.05. The standard InChI is InChI=1S/C10H9FN4O2S2/c1-14(2)9-12-13-10(19-9)18-8-4-6(11)3-7(5-8)15(16)17/h3-5H,1-2H3. The van der Waals surface area contributed by atoms with Crippen molar-refractivity contribution in [2.24, 2.45) is 0 Å². The van der Waals surface area contributed by atoms with Gasteiger partial charge in [-0.15, -0.1) is 10.2 Å². The number of anilines is 1. The first kappa shape index (κ1) is 13.7. The number of nitro groups is 1. The van der Waals surface area contributed by atoms with Crippen molar-refractivity contribution in [1.29, 1.82) is 0 Å². The SMILES string of the molecule is CN(C)c1nnc(Sc2cc(F)cc([N+](=O)[O-])c2)s1. The molecule has 0 unspecified atom stereocenters. The van der Waals surface area contributed by atoms with Gasteiger partial charge in [-0.3, -0.25) is 10.1 Å². The summed E-state index contributed by atoms with van der Waals surface area (Å²) in [5.41, 5.74) is -0.278. The van der Waals surface area contributed by atoms with Gasteiger partial charge in [-0.05, 0) is 6.07 Å². The molecule has 0 atom stereocenters. The largest absolute Gasteiger partial charge is 0.353 e. The summed E-state index contributed by atoms with van der Waals surface area (Å²) in [4.78, 5) is 12.2. The van der Waals surface area contributed by atoms with Gasteiger partial charge in [-0.2, -0.15) is 0 Å². The lowest BCUT2D eigenvalue weighted by molar-refractivity contribution is -0.385. The van der Waals surface area contributed by atoms with Crippen LogP contribution in [-0.2, 0) is 0 Å². The Hall–Kier alpha value is -1.74. The van der Waals surface area contributed by atoms with Crippen molar-refractivity contribution in [1.82, 2.24) is 10.2 Å². The minimum atomic E-state index is -0.644. The van der Waals surface area contributed by atoms with Crippen LogP contribution in [0.2, 0.25) is 0 Å². The number of non-ortho nitro benzene ring substituents is 1. The number of nitrogens with zero attached hydrogens (tertiary/aromatic N) is 4. The van der Waals surface area contributed by atoms with Gasteiger partial charge < -0.3 is 4.90 Å². The minimum Gasteiger partial charge on any atom is -0.353 e. The molecule has 0 bridgehead atoms. The number of hydrogen-bond acceptors (Lipinski definition) is 7. The highest BCUT2D eigenvalue weighted by atomic mass is 32.2. The number of nitro benzene ring substituents is 1. The van der Waals surface area contributed by atoms with Crippen molar-refractivity contribution in [2.45, 2.75) is 9.24 Å². The maximum atomic E-state index is 13.3. The van der Waals surface area contributed by atoms with Crippen LogP contribution in [0.4, 0.5) is 15.2 Å². The van der Waals surface area contributed by atoms with Gasteiger partial charge >= 0.3 is 0 Å². The van der Waals surface area contributed by atoms with Crippen LogP contribution in [0, 0.1) is 15.9 Å². The Bertz CT molecular complexity index is 617. The Balaban J connectivity index is 2.24. The topological polar surface area (TPSA) is 72.2 Å². The van der Waals surface area contributed by atoms with E-state index in [-0.39, 0.29) is 5.69 Å². The summed E-state index contributed by atoms with van der Waals surface area (Å²) in [5, 5.41) is 19.2. The van der Waals surface area contributed by atoms with Gasteiger partial charge in [0.15, 0.2) is 4.34 Å². The smallest absolute Gasteiger partial charge is 0.273 e. The zero-order valence-electron chi connectivity index (χ0n) is 10.0. The van der Waals surface area contributed by atoms with Gasteiger partial charge in [-0.25, -0.2) is 4.39 Å². The Kier molecular flexibility index (Phi) is 3.96. The van der Waals surface area contributed by atoms with E-state index < -0.39 is 10.7 Å². The van der Waals surface area contributed by atoms with Crippen LogP contribution in [0.15, 0.2) is 27.4 Å². The molecular formula is C10H9FN4O2S2. The van der Waals surface area contributed by atoms with E-state index >= 15 is 0 Å². The molecule has 0 amide bonds. The Morgan fingerprint density at radius 3 is 2.68 bits per heavy atom. The molecule has 1 heterocycles.